The molecule has 0 aromatic heterocycles. The fourth-order valence-electron chi connectivity index (χ4n) is 1.11. The minimum absolute atomic E-state index is 0.192. The second-order valence-electron chi connectivity index (χ2n) is 3.32. The van der Waals surface area contributed by atoms with E-state index < -0.39 is 30.6 Å². The summed E-state index contributed by atoms with van der Waals surface area (Å²) in [6.45, 7) is 3.25. The standard InChI is InChI=1S/C9H11BF2O3/c1-5(2)15-9-6(10(13)14)3-4-7(11)8(9)12/h3-5,13-14H,1-2H3. The third kappa shape index (κ3) is 2.67. The molecule has 1 aromatic rings. The van der Waals surface area contributed by atoms with Gasteiger partial charge in [0.2, 0.25) is 0 Å². The van der Waals surface area contributed by atoms with E-state index in [1.807, 2.05) is 0 Å². The first kappa shape index (κ1) is 11.9. The molecule has 1 rings (SSSR count). The maximum Gasteiger partial charge on any atom is 0.492 e. The monoisotopic (exact) mass is 216 g/mol. The molecule has 0 unspecified atom stereocenters. The Balaban J connectivity index is 3.22. The zero-order chi connectivity index (χ0) is 11.6. The average Bonchev–Trinajstić information content (AvgIpc) is 2.12. The zero-order valence-corrected chi connectivity index (χ0v) is 8.37. The SMILES string of the molecule is CC(C)Oc1c(B(O)O)ccc(F)c1F. The van der Waals surface area contributed by atoms with Crippen molar-refractivity contribution in [3.63, 3.8) is 0 Å². The Kier molecular flexibility index (Phi) is 3.65. The van der Waals surface area contributed by atoms with Crippen LogP contribution in [-0.2, 0) is 0 Å². The van der Waals surface area contributed by atoms with Gasteiger partial charge in [0.15, 0.2) is 17.4 Å². The number of halogens is 2. The Hall–Kier alpha value is -1.14. The van der Waals surface area contributed by atoms with Crippen molar-refractivity contribution < 1.29 is 23.6 Å². The van der Waals surface area contributed by atoms with Gasteiger partial charge in [-0.05, 0) is 19.9 Å². The molecule has 3 nitrogen and oxygen atoms in total. The van der Waals surface area contributed by atoms with Gasteiger partial charge in [-0.2, -0.15) is 4.39 Å². The molecule has 0 atom stereocenters. The van der Waals surface area contributed by atoms with E-state index >= 15 is 0 Å². The summed E-state index contributed by atoms with van der Waals surface area (Å²) >= 11 is 0. The first-order valence-electron chi connectivity index (χ1n) is 4.44. The Morgan fingerprint density at radius 2 is 1.87 bits per heavy atom. The van der Waals surface area contributed by atoms with E-state index in [0.29, 0.717) is 0 Å². The summed E-state index contributed by atoms with van der Waals surface area (Å²) in [4.78, 5) is 0. The summed E-state index contributed by atoms with van der Waals surface area (Å²) in [7, 11) is -1.89. The zero-order valence-electron chi connectivity index (χ0n) is 8.37. The summed E-state index contributed by atoms with van der Waals surface area (Å²) in [5.41, 5.74) is -0.192. The summed E-state index contributed by atoms with van der Waals surface area (Å²) in [6.07, 6.45) is -0.390. The number of hydrogen-bond acceptors (Lipinski definition) is 3. The highest BCUT2D eigenvalue weighted by Crippen LogP contribution is 2.18. The summed E-state index contributed by atoms with van der Waals surface area (Å²) in [5.74, 6) is -2.76. The van der Waals surface area contributed by atoms with Crippen molar-refractivity contribution >= 4 is 12.6 Å². The molecule has 6 heteroatoms. The van der Waals surface area contributed by atoms with Crippen molar-refractivity contribution in [2.45, 2.75) is 20.0 Å². The van der Waals surface area contributed by atoms with Gasteiger partial charge in [-0.1, -0.05) is 6.07 Å². The molecule has 0 amide bonds. The number of hydrogen-bond donors (Lipinski definition) is 2. The van der Waals surface area contributed by atoms with Crippen molar-refractivity contribution in [1.82, 2.24) is 0 Å². The molecule has 0 fully saturated rings. The molecule has 0 spiro atoms. The number of rotatable bonds is 3. The van der Waals surface area contributed by atoms with Crippen LogP contribution in [0.2, 0.25) is 0 Å². The van der Waals surface area contributed by atoms with Crippen molar-refractivity contribution in [3.8, 4) is 5.75 Å². The highest BCUT2D eigenvalue weighted by atomic mass is 19.2. The van der Waals surface area contributed by atoms with Crippen LogP contribution in [0.25, 0.3) is 0 Å². The van der Waals surface area contributed by atoms with Crippen molar-refractivity contribution in [2.75, 3.05) is 0 Å². The van der Waals surface area contributed by atoms with E-state index in [1.165, 1.54) is 0 Å². The fraction of sp³-hybridized carbons (Fsp3) is 0.333. The third-order valence-corrected chi connectivity index (χ3v) is 1.71. The minimum Gasteiger partial charge on any atom is -0.488 e. The second-order valence-corrected chi connectivity index (χ2v) is 3.32. The van der Waals surface area contributed by atoms with Crippen LogP contribution in [0.15, 0.2) is 12.1 Å². The third-order valence-electron chi connectivity index (χ3n) is 1.71. The van der Waals surface area contributed by atoms with Gasteiger partial charge in [0.05, 0.1) is 6.10 Å². The van der Waals surface area contributed by atoms with Gasteiger partial charge >= 0.3 is 7.12 Å². The highest BCUT2D eigenvalue weighted by molar-refractivity contribution is 6.59. The van der Waals surface area contributed by atoms with Gasteiger partial charge in [0, 0.05) is 5.46 Å². The molecule has 1 aromatic carbocycles. The van der Waals surface area contributed by atoms with Crippen LogP contribution in [0.5, 0.6) is 5.75 Å². The smallest absolute Gasteiger partial charge is 0.488 e. The molecule has 0 bridgehead atoms. The topological polar surface area (TPSA) is 49.7 Å². The van der Waals surface area contributed by atoms with E-state index in [-0.39, 0.29) is 5.46 Å². The van der Waals surface area contributed by atoms with Gasteiger partial charge < -0.3 is 14.8 Å². The minimum atomic E-state index is -1.89. The molecular formula is C9H11BF2O3. The lowest BCUT2D eigenvalue weighted by Gasteiger charge is -2.14. The Morgan fingerprint density at radius 3 is 2.33 bits per heavy atom. The number of ether oxygens (including phenoxy) is 1. The maximum atomic E-state index is 13.3. The molecule has 0 saturated heterocycles. The molecule has 0 radical (unpaired) electrons. The first-order valence-corrected chi connectivity index (χ1v) is 4.44. The van der Waals surface area contributed by atoms with E-state index in [1.54, 1.807) is 13.8 Å². The van der Waals surface area contributed by atoms with E-state index in [4.69, 9.17) is 14.8 Å². The van der Waals surface area contributed by atoms with Gasteiger partial charge in [0.25, 0.3) is 0 Å². The molecule has 0 saturated carbocycles. The highest BCUT2D eigenvalue weighted by Gasteiger charge is 2.23. The molecule has 82 valence electrons. The van der Waals surface area contributed by atoms with Crippen LogP contribution < -0.4 is 10.2 Å². The molecule has 0 aliphatic heterocycles. The predicted molar refractivity (Wildman–Crippen MR) is 51.9 cm³/mol. The Labute approximate surface area is 86.5 Å². The summed E-state index contributed by atoms with van der Waals surface area (Å²) in [6, 6.07) is 1.89. The van der Waals surface area contributed by atoms with Crippen LogP contribution in [-0.4, -0.2) is 23.3 Å². The second kappa shape index (κ2) is 4.59. The van der Waals surface area contributed by atoms with Crippen molar-refractivity contribution in [3.05, 3.63) is 23.8 Å². The Bertz CT molecular complexity index is 355. The van der Waals surface area contributed by atoms with E-state index in [9.17, 15) is 8.78 Å². The number of benzene rings is 1. The lowest BCUT2D eigenvalue weighted by molar-refractivity contribution is 0.229. The van der Waals surface area contributed by atoms with Crippen LogP contribution in [0.1, 0.15) is 13.8 Å². The predicted octanol–water partition coefficient (Wildman–Crippen LogP) is 0.432. The van der Waals surface area contributed by atoms with Crippen LogP contribution in [0.4, 0.5) is 8.78 Å². The largest absolute Gasteiger partial charge is 0.492 e. The van der Waals surface area contributed by atoms with Crippen molar-refractivity contribution in [1.29, 1.82) is 0 Å². The lowest BCUT2D eigenvalue weighted by atomic mass is 9.79. The van der Waals surface area contributed by atoms with Gasteiger partial charge in [-0.25, -0.2) is 4.39 Å². The maximum absolute atomic E-state index is 13.3. The molecule has 15 heavy (non-hydrogen) atoms. The lowest BCUT2D eigenvalue weighted by Crippen LogP contribution is -2.33. The van der Waals surface area contributed by atoms with E-state index in [2.05, 4.69) is 0 Å². The van der Waals surface area contributed by atoms with E-state index in [0.717, 1.165) is 12.1 Å². The Morgan fingerprint density at radius 1 is 1.27 bits per heavy atom. The van der Waals surface area contributed by atoms with Gasteiger partial charge in [-0.15, -0.1) is 0 Å². The molecule has 0 aliphatic rings. The van der Waals surface area contributed by atoms with Crippen LogP contribution in [0.3, 0.4) is 0 Å². The quantitative estimate of drug-likeness (QED) is 0.720. The van der Waals surface area contributed by atoms with Crippen molar-refractivity contribution in [2.24, 2.45) is 0 Å². The van der Waals surface area contributed by atoms with Crippen LogP contribution in [0, 0.1) is 11.6 Å². The summed E-state index contributed by atoms with van der Waals surface area (Å²) in [5, 5.41) is 17.8. The molecular weight excluding hydrogens is 205 g/mol. The first-order chi connectivity index (χ1) is 6.93. The van der Waals surface area contributed by atoms with Crippen LogP contribution >= 0.6 is 0 Å². The van der Waals surface area contributed by atoms with Gasteiger partial charge in [0.1, 0.15) is 0 Å². The molecule has 2 N–H and O–H groups in total. The normalized spacial score (nSPS) is 10.6. The summed E-state index contributed by atoms with van der Waals surface area (Å²) < 4.78 is 31.1. The molecule has 0 aliphatic carbocycles. The van der Waals surface area contributed by atoms with Gasteiger partial charge in [-0.3, -0.25) is 0 Å². The fourth-order valence-corrected chi connectivity index (χ4v) is 1.11. The molecule has 0 heterocycles. The average molecular weight is 216 g/mol.